The number of phenolic OH excluding ortho intramolecular Hbond substituents is 2. The Hall–Kier alpha value is -5.08. The maximum atomic E-state index is 13.4. The highest BCUT2D eigenvalue weighted by atomic mass is 32.2. The first kappa shape index (κ1) is 31.3. The first-order valence-corrected chi connectivity index (χ1v) is 15.5. The van der Waals surface area contributed by atoms with Crippen LogP contribution in [0.15, 0.2) is 57.4 Å². The van der Waals surface area contributed by atoms with Crippen LogP contribution in [-0.2, 0) is 24.0 Å². The van der Waals surface area contributed by atoms with Crippen molar-refractivity contribution in [3.63, 3.8) is 0 Å². The van der Waals surface area contributed by atoms with Crippen molar-refractivity contribution in [3.05, 3.63) is 58.5 Å². The zero-order chi connectivity index (χ0) is 32.4. The largest absolute Gasteiger partial charge is 0.504 e. The molecule has 2 aromatic heterocycles. The van der Waals surface area contributed by atoms with Crippen molar-refractivity contribution in [2.24, 2.45) is 5.16 Å². The molecule has 4 heterocycles. The van der Waals surface area contributed by atoms with Crippen molar-refractivity contribution in [2.75, 3.05) is 23.0 Å². The lowest BCUT2D eigenvalue weighted by Gasteiger charge is -2.49. The number of phenols is 2. The standard InChI is InChI=1S/C25H22N8O9S3/c26-14-4-15(29-8-28-14)43-5-10-6-44-22-17(21(37)33(22)18(10)23(38)39)31-20(36)16(11-7-45-25(27)30-11)32-42-19(24(40)41)9-1-2-12(34)13(35)3-9/h1-4,7-8,17,19,22,34-35H,5-6H2,(H2,27,30)(H,31,36)(H,38,39)(H,40,41)(H2,26,28,29)/b32-16-/t17?,19-,22-/m0/s1. The van der Waals surface area contributed by atoms with Crippen LogP contribution >= 0.6 is 34.9 Å². The first-order chi connectivity index (χ1) is 21.4. The zero-order valence-electron chi connectivity index (χ0n) is 22.6. The van der Waals surface area contributed by atoms with Gasteiger partial charge in [0.05, 0.1) is 0 Å². The average molecular weight is 675 g/mol. The van der Waals surface area contributed by atoms with E-state index < -0.39 is 58.5 Å². The first-order valence-electron chi connectivity index (χ1n) is 12.6. The molecule has 234 valence electrons. The van der Waals surface area contributed by atoms with E-state index in [1.807, 2.05) is 0 Å². The van der Waals surface area contributed by atoms with Gasteiger partial charge in [-0.25, -0.2) is 24.5 Å². The van der Waals surface area contributed by atoms with Crippen molar-refractivity contribution in [2.45, 2.75) is 22.5 Å². The molecular weight excluding hydrogens is 653 g/mol. The Kier molecular flexibility index (Phi) is 8.97. The number of nitrogens with zero attached hydrogens (tertiary/aromatic N) is 5. The van der Waals surface area contributed by atoms with Crippen LogP contribution in [0, 0.1) is 0 Å². The van der Waals surface area contributed by atoms with Gasteiger partial charge in [-0.1, -0.05) is 11.2 Å². The SMILES string of the molecule is Nc1cc(SCC2=C(C(=O)O)N3C(=O)C(NC(=O)/C(=N\O[C@H](C(=O)O)c4ccc(O)c(O)c4)c4csc(N)n4)[C@@H]3SC2)ncn1. The number of aromatic hydroxyl groups is 2. The van der Waals surface area contributed by atoms with E-state index in [0.29, 0.717) is 10.6 Å². The van der Waals surface area contributed by atoms with E-state index in [0.717, 1.165) is 28.4 Å². The lowest BCUT2D eigenvalue weighted by molar-refractivity contribution is -0.151. The number of hydrogen-bond acceptors (Lipinski definition) is 16. The highest BCUT2D eigenvalue weighted by Crippen LogP contribution is 2.41. The summed E-state index contributed by atoms with van der Waals surface area (Å²) in [6, 6.07) is 3.56. The monoisotopic (exact) mass is 674 g/mol. The zero-order valence-corrected chi connectivity index (χ0v) is 25.0. The number of nitrogens with two attached hydrogens (primary N) is 2. The van der Waals surface area contributed by atoms with Crippen LogP contribution < -0.4 is 16.8 Å². The maximum Gasteiger partial charge on any atom is 0.352 e. The van der Waals surface area contributed by atoms with Crippen molar-refractivity contribution in [1.29, 1.82) is 0 Å². The predicted octanol–water partition coefficient (Wildman–Crippen LogP) is 0.586. The Morgan fingerprint density at radius 3 is 2.60 bits per heavy atom. The summed E-state index contributed by atoms with van der Waals surface area (Å²) >= 11 is 3.43. The molecule has 0 bridgehead atoms. The maximum absolute atomic E-state index is 13.4. The molecule has 3 aromatic rings. The molecule has 9 N–H and O–H groups in total. The molecule has 0 aliphatic carbocycles. The molecule has 45 heavy (non-hydrogen) atoms. The lowest BCUT2D eigenvalue weighted by Crippen LogP contribution is -2.71. The number of nitrogen functional groups attached to an aromatic ring is 2. The molecule has 0 radical (unpaired) electrons. The van der Waals surface area contributed by atoms with Crippen LogP contribution in [-0.4, -0.2) is 92.7 Å². The van der Waals surface area contributed by atoms with Gasteiger partial charge in [-0.05, 0) is 17.7 Å². The average Bonchev–Trinajstić information content (AvgIpc) is 3.43. The third-order valence-electron chi connectivity index (χ3n) is 6.35. The number of amides is 2. The Balaban J connectivity index is 1.35. The number of anilines is 2. The minimum atomic E-state index is -1.82. The quantitative estimate of drug-likeness (QED) is 0.0366. The number of oxime groups is 1. The third-order valence-corrected chi connectivity index (χ3v) is 9.37. The minimum absolute atomic E-state index is 0.0590. The van der Waals surface area contributed by atoms with Gasteiger partial charge in [0, 0.05) is 28.5 Å². The van der Waals surface area contributed by atoms with Crippen LogP contribution in [0.1, 0.15) is 17.4 Å². The van der Waals surface area contributed by atoms with E-state index in [1.165, 1.54) is 47.4 Å². The number of carboxylic acids is 2. The van der Waals surface area contributed by atoms with Crippen molar-refractivity contribution in [1.82, 2.24) is 25.2 Å². The molecule has 1 aromatic carbocycles. The molecule has 2 aliphatic heterocycles. The fourth-order valence-corrected chi connectivity index (χ4v) is 7.17. The molecule has 0 saturated carbocycles. The Morgan fingerprint density at radius 2 is 1.96 bits per heavy atom. The van der Waals surface area contributed by atoms with E-state index in [9.17, 15) is 39.6 Å². The van der Waals surface area contributed by atoms with E-state index in [4.69, 9.17) is 16.3 Å². The number of thioether (sulfide) groups is 2. The topological polar surface area (TPSA) is 277 Å². The normalized spacial score (nSPS) is 18.5. The van der Waals surface area contributed by atoms with Crippen molar-refractivity contribution in [3.8, 4) is 11.5 Å². The summed E-state index contributed by atoms with van der Waals surface area (Å²) in [7, 11) is 0. The Morgan fingerprint density at radius 1 is 1.18 bits per heavy atom. The van der Waals surface area contributed by atoms with E-state index in [1.54, 1.807) is 0 Å². The van der Waals surface area contributed by atoms with E-state index in [-0.39, 0.29) is 39.4 Å². The summed E-state index contributed by atoms with van der Waals surface area (Å²) in [5.41, 5.74) is 11.0. The number of carbonyl (C=O) groups is 4. The summed E-state index contributed by atoms with van der Waals surface area (Å²) in [6.07, 6.45) is -0.534. The van der Waals surface area contributed by atoms with Gasteiger partial charge in [0.25, 0.3) is 11.8 Å². The Bertz CT molecular complexity index is 1760. The summed E-state index contributed by atoms with van der Waals surface area (Å²) in [5.74, 6) is -4.91. The Labute approximate surface area is 265 Å². The lowest BCUT2D eigenvalue weighted by atomic mass is 10.0. The molecule has 5 rings (SSSR count). The van der Waals surface area contributed by atoms with Gasteiger partial charge in [0.2, 0.25) is 6.10 Å². The highest BCUT2D eigenvalue weighted by Gasteiger charge is 2.54. The van der Waals surface area contributed by atoms with Gasteiger partial charge in [0.1, 0.15) is 40.0 Å². The van der Waals surface area contributed by atoms with Crippen molar-refractivity contribution >= 4 is 75.3 Å². The number of aliphatic carboxylic acids is 2. The van der Waals surface area contributed by atoms with Gasteiger partial charge in [0.15, 0.2) is 22.3 Å². The number of carboxylic acid groups (broad SMARTS) is 2. The molecular formula is C25H22N8O9S3. The molecule has 2 amide bonds. The van der Waals surface area contributed by atoms with Crippen LogP contribution in [0.2, 0.25) is 0 Å². The molecule has 2 aliphatic rings. The highest BCUT2D eigenvalue weighted by molar-refractivity contribution is 8.01. The number of hydrogen-bond donors (Lipinski definition) is 7. The van der Waals surface area contributed by atoms with Gasteiger partial charge < -0.3 is 42.0 Å². The summed E-state index contributed by atoms with van der Waals surface area (Å²) in [6.45, 7) is 0. The summed E-state index contributed by atoms with van der Waals surface area (Å²) in [4.78, 5) is 68.9. The fourth-order valence-electron chi connectivity index (χ4n) is 4.26. The molecule has 1 saturated heterocycles. The number of fused-ring (bicyclic) bond motifs is 1. The van der Waals surface area contributed by atoms with Crippen LogP contribution in [0.4, 0.5) is 10.9 Å². The van der Waals surface area contributed by atoms with Gasteiger partial charge in [-0.3, -0.25) is 14.5 Å². The second kappa shape index (κ2) is 12.9. The molecule has 17 nitrogen and oxygen atoms in total. The predicted molar refractivity (Wildman–Crippen MR) is 161 cm³/mol. The number of rotatable bonds is 11. The number of carbonyl (C=O) groups excluding carboxylic acids is 2. The molecule has 1 unspecified atom stereocenters. The number of β-lactam (4-membered cyclic amide) rings is 1. The van der Waals surface area contributed by atoms with Crippen LogP contribution in [0.25, 0.3) is 0 Å². The molecule has 0 spiro atoms. The second-order valence-corrected chi connectivity index (χ2v) is 12.3. The third kappa shape index (κ3) is 6.56. The van der Waals surface area contributed by atoms with Gasteiger partial charge in [-0.15, -0.1) is 34.9 Å². The number of benzene rings is 1. The number of thiazole rings is 1. The van der Waals surface area contributed by atoms with Crippen LogP contribution in [0.3, 0.4) is 0 Å². The van der Waals surface area contributed by atoms with Gasteiger partial charge >= 0.3 is 11.9 Å². The van der Waals surface area contributed by atoms with E-state index >= 15 is 0 Å². The minimum Gasteiger partial charge on any atom is -0.504 e. The fraction of sp³-hybridized carbons (Fsp3) is 0.200. The number of nitrogens with one attached hydrogen (secondary N) is 1. The molecule has 20 heteroatoms. The second-order valence-electron chi connectivity index (χ2n) is 9.27. The smallest absolute Gasteiger partial charge is 0.352 e. The van der Waals surface area contributed by atoms with Gasteiger partial charge in [-0.2, -0.15) is 0 Å². The summed E-state index contributed by atoms with van der Waals surface area (Å²) < 4.78 is 0. The van der Waals surface area contributed by atoms with Crippen molar-refractivity contribution < 1.29 is 44.4 Å². The van der Waals surface area contributed by atoms with E-state index in [2.05, 4.69) is 25.4 Å². The van der Waals surface area contributed by atoms with Crippen LogP contribution in [0.5, 0.6) is 11.5 Å². The molecule has 3 atom stereocenters. The number of aromatic nitrogens is 3. The molecule has 1 fully saturated rings. The summed E-state index contributed by atoms with van der Waals surface area (Å²) in [5, 5.41) is 46.4.